The molecule has 4 heteroatoms. The highest BCUT2D eigenvalue weighted by molar-refractivity contribution is 7.92. The van der Waals surface area contributed by atoms with E-state index in [0.29, 0.717) is 19.0 Å². The van der Waals surface area contributed by atoms with Gasteiger partial charge in [-0.3, -0.25) is 0 Å². The quantitative estimate of drug-likeness (QED) is 0.842. The molecule has 1 fully saturated rings. The van der Waals surface area contributed by atoms with E-state index in [1.54, 1.807) is 10.4 Å². The molecule has 0 saturated carbocycles. The second-order valence-electron chi connectivity index (χ2n) is 4.84. The standard InChI is InChI=1S/C14H19NO2S/c1-13-7-10-15(11-8-13)18(16,17)12-9-14-5-3-2-4-6-14/h2-6,9,12-13H,7-8,10-11H2,1H3/b12-9+. The van der Waals surface area contributed by atoms with E-state index in [-0.39, 0.29) is 0 Å². The van der Waals surface area contributed by atoms with Crippen LogP contribution in [0.15, 0.2) is 35.7 Å². The molecule has 1 heterocycles. The number of hydrogen-bond acceptors (Lipinski definition) is 2. The summed E-state index contributed by atoms with van der Waals surface area (Å²) in [7, 11) is -3.25. The van der Waals surface area contributed by atoms with Crippen molar-refractivity contribution in [3.63, 3.8) is 0 Å². The molecule has 1 saturated heterocycles. The van der Waals surface area contributed by atoms with Crippen molar-refractivity contribution in [2.75, 3.05) is 13.1 Å². The molecule has 1 aliphatic heterocycles. The van der Waals surface area contributed by atoms with Gasteiger partial charge in [0.05, 0.1) is 0 Å². The Morgan fingerprint density at radius 3 is 2.39 bits per heavy atom. The number of nitrogens with zero attached hydrogens (tertiary/aromatic N) is 1. The maximum atomic E-state index is 12.1. The van der Waals surface area contributed by atoms with Gasteiger partial charge in [-0.1, -0.05) is 37.3 Å². The largest absolute Gasteiger partial charge is 0.236 e. The van der Waals surface area contributed by atoms with Crippen LogP contribution in [-0.2, 0) is 10.0 Å². The van der Waals surface area contributed by atoms with Crippen LogP contribution in [0.1, 0.15) is 25.3 Å². The lowest BCUT2D eigenvalue weighted by Gasteiger charge is -2.28. The minimum atomic E-state index is -3.25. The van der Waals surface area contributed by atoms with E-state index < -0.39 is 10.0 Å². The summed E-state index contributed by atoms with van der Waals surface area (Å²) in [5, 5.41) is 1.32. The van der Waals surface area contributed by atoms with E-state index in [1.165, 1.54) is 5.41 Å². The summed E-state index contributed by atoms with van der Waals surface area (Å²) in [6.07, 6.45) is 3.57. The van der Waals surface area contributed by atoms with Gasteiger partial charge >= 0.3 is 0 Å². The Bertz CT molecular complexity index is 500. The maximum Gasteiger partial charge on any atom is 0.236 e. The van der Waals surface area contributed by atoms with Gasteiger partial charge in [-0.15, -0.1) is 0 Å². The fourth-order valence-electron chi connectivity index (χ4n) is 2.05. The molecule has 0 bridgehead atoms. The minimum absolute atomic E-state index is 0.634. The number of hydrogen-bond donors (Lipinski definition) is 0. The Labute approximate surface area is 109 Å². The van der Waals surface area contributed by atoms with E-state index in [2.05, 4.69) is 6.92 Å². The summed E-state index contributed by atoms with van der Waals surface area (Å²) in [4.78, 5) is 0. The lowest BCUT2D eigenvalue weighted by Crippen LogP contribution is -2.36. The molecule has 0 aromatic heterocycles. The smallest absolute Gasteiger partial charge is 0.208 e. The molecule has 3 nitrogen and oxygen atoms in total. The third-order valence-corrected chi connectivity index (χ3v) is 4.90. The Morgan fingerprint density at radius 2 is 1.78 bits per heavy atom. The monoisotopic (exact) mass is 265 g/mol. The second kappa shape index (κ2) is 5.67. The third kappa shape index (κ3) is 3.43. The van der Waals surface area contributed by atoms with Crippen molar-refractivity contribution in [2.45, 2.75) is 19.8 Å². The van der Waals surface area contributed by atoms with Crippen molar-refractivity contribution in [2.24, 2.45) is 5.92 Å². The summed E-state index contributed by atoms with van der Waals surface area (Å²) in [6.45, 7) is 3.45. The van der Waals surface area contributed by atoms with Crippen LogP contribution < -0.4 is 0 Å². The van der Waals surface area contributed by atoms with E-state index in [1.807, 2.05) is 30.3 Å². The lowest BCUT2D eigenvalue weighted by atomic mass is 10.0. The summed E-state index contributed by atoms with van der Waals surface area (Å²) < 4.78 is 25.8. The summed E-state index contributed by atoms with van der Waals surface area (Å²) in [6, 6.07) is 9.50. The van der Waals surface area contributed by atoms with Gasteiger partial charge in [-0.2, -0.15) is 4.31 Å². The molecule has 1 aromatic rings. The maximum absolute atomic E-state index is 12.1. The average molecular weight is 265 g/mol. The predicted octanol–water partition coefficient (Wildman–Crippen LogP) is 2.72. The summed E-state index contributed by atoms with van der Waals surface area (Å²) in [5.74, 6) is 0.634. The van der Waals surface area contributed by atoms with Gasteiger partial charge < -0.3 is 0 Å². The molecule has 0 unspecified atom stereocenters. The SMILES string of the molecule is CC1CCN(S(=O)(=O)/C=C/c2ccccc2)CC1. The molecule has 0 amide bonds. The van der Waals surface area contributed by atoms with Crippen molar-refractivity contribution < 1.29 is 8.42 Å². The van der Waals surface area contributed by atoms with E-state index >= 15 is 0 Å². The van der Waals surface area contributed by atoms with Crippen molar-refractivity contribution in [3.05, 3.63) is 41.3 Å². The van der Waals surface area contributed by atoms with Crippen molar-refractivity contribution in [1.82, 2.24) is 4.31 Å². The summed E-state index contributed by atoms with van der Waals surface area (Å²) >= 11 is 0. The topological polar surface area (TPSA) is 37.4 Å². The molecule has 2 rings (SSSR count). The molecule has 0 N–H and O–H groups in total. The molecule has 98 valence electrons. The second-order valence-corrected chi connectivity index (χ2v) is 6.66. The zero-order valence-electron chi connectivity index (χ0n) is 10.6. The van der Waals surface area contributed by atoms with Gasteiger partial charge in [0.2, 0.25) is 10.0 Å². The number of benzene rings is 1. The van der Waals surface area contributed by atoms with Crippen LogP contribution in [0.2, 0.25) is 0 Å². The Hall–Kier alpha value is -1.13. The molecule has 1 aliphatic rings. The molecular weight excluding hydrogens is 246 g/mol. The third-order valence-electron chi connectivity index (χ3n) is 3.33. The van der Waals surface area contributed by atoms with Gasteiger partial charge in [0.25, 0.3) is 0 Å². The molecule has 0 radical (unpaired) electrons. The van der Waals surface area contributed by atoms with Crippen LogP contribution in [-0.4, -0.2) is 25.8 Å². The Balaban J connectivity index is 2.06. The minimum Gasteiger partial charge on any atom is -0.208 e. The lowest BCUT2D eigenvalue weighted by molar-refractivity contribution is 0.290. The van der Waals surface area contributed by atoms with Gasteiger partial charge in [-0.25, -0.2) is 8.42 Å². The van der Waals surface area contributed by atoms with E-state index in [9.17, 15) is 8.42 Å². The number of rotatable bonds is 3. The molecule has 18 heavy (non-hydrogen) atoms. The highest BCUT2D eigenvalue weighted by Crippen LogP contribution is 2.19. The average Bonchev–Trinajstić information content (AvgIpc) is 2.38. The van der Waals surface area contributed by atoms with Gasteiger partial charge in [0, 0.05) is 18.5 Å². The normalized spacial score (nSPS) is 19.4. The van der Waals surface area contributed by atoms with Crippen molar-refractivity contribution in [3.8, 4) is 0 Å². The number of sulfonamides is 1. The predicted molar refractivity (Wildman–Crippen MR) is 74.4 cm³/mol. The first-order chi connectivity index (χ1) is 8.58. The van der Waals surface area contributed by atoms with Gasteiger partial charge in [0.15, 0.2) is 0 Å². The van der Waals surface area contributed by atoms with Crippen LogP contribution in [0, 0.1) is 5.92 Å². The van der Waals surface area contributed by atoms with Crippen LogP contribution in [0.5, 0.6) is 0 Å². The first-order valence-electron chi connectivity index (χ1n) is 6.31. The zero-order valence-corrected chi connectivity index (χ0v) is 11.4. The first-order valence-corrected chi connectivity index (χ1v) is 7.81. The highest BCUT2D eigenvalue weighted by atomic mass is 32.2. The fourth-order valence-corrected chi connectivity index (χ4v) is 3.28. The molecule has 1 aromatic carbocycles. The molecule has 0 aliphatic carbocycles. The fraction of sp³-hybridized carbons (Fsp3) is 0.429. The van der Waals surface area contributed by atoms with Crippen molar-refractivity contribution >= 4 is 16.1 Å². The first kappa shape index (κ1) is 13.3. The molecule has 0 atom stereocenters. The zero-order chi connectivity index (χ0) is 13.0. The van der Waals surface area contributed by atoms with Crippen LogP contribution >= 0.6 is 0 Å². The highest BCUT2D eigenvalue weighted by Gasteiger charge is 2.24. The van der Waals surface area contributed by atoms with Crippen LogP contribution in [0.3, 0.4) is 0 Å². The molecule has 0 spiro atoms. The van der Waals surface area contributed by atoms with E-state index in [0.717, 1.165) is 18.4 Å². The van der Waals surface area contributed by atoms with E-state index in [4.69, 9.17) is 0 Å². The van der Waals surface area contributed by atoms with Crippen molar-refractivity contribution in [1.29, 1.82) is 0 Å². The van der Waals surface area contributed by atoms with Crippen LogP contribution in [0.4, 0.5) is 0 Å². The van der Waals surface area contributed by atoms with Gasteiger partial charge in [0.1, 0.15) is 0 Å². The van der Waals surface area contributed by atoms with Gasteiger partial charge in [-0.05, 0) is 30.4 Å². The summed E-state index contributed by atoms with van der Waals surface area (Å²) in [5.41, 5.74) is 0.909. The Morgan fingerprint density at radius 1 is 1.17 bits per heavy atom. The Kier molecular flexibility index (Phi) is 4.19. The molecular formula is C14H19NO2S. The van der Waals surface area contributed by atoms with Crippen LogP contribution in [0.25, 0.3) is 6.08 Å². The number of piperidine rings is 1.